The Morgan fingerprint density at radius 2 is 2.10 bits per heavy atom. The van der Waals surface area contributed by atoms with Crippen LogP contribution in [0.3, 0.4) is 0 Å². The molecule has 3 nitrogen and oxygen atoms in total. The van der Waals surface area contributed by atoms with E-state index in [1.54, 1.807) is 12.1 Å². The van der Waals surface area contributed by atoms with Crippen LogP contribution in [-0.4, -0.2) is 6.29 Å². The van der Waals surface area contributed by atoms with Crippen LogP contribution in [0.25, 0.3) is 0 Å². The number of benzene rings is 2. The molecule has 2 aromatic carbocycles. The fourth-order valence-electron chi connectivity index (χ4n) is 1.63. The molecule has 0 unspecified atom stereocenters. The third kappa shape index (κ3) is 3.14. The fraction of sp³-hybridized carbons (Fsp3) is 0.0667. The normalized spacial score (nSPS) is 9.85. The summed E-state index contributed by atoms with van der Waals surface area (Å²) >= 11 is 5.77. The van der Waals surface area contributed by atoms with Crippen molar-refractivity contribution in [3.8, 4) is 11.8 Å². The van der Waals surface area contributed by atoms with E-state index in [-0.39, 0.29) is 12.2 Å². The second kappa shape index (κ2) is 6.18. The van der Waals surface area contributed by atoms with Gasteiger partial charge < -0.3 is 4.74 Å². The summed E-state index contributed by atoms with van der Waals surface area (Å²) in [7, 11) is 0. The molecule has 0 aliphatic carbocycles. The van der Waals surface area contributed by atoms with E-state index in [0.29, 0.717) is 28.2 Å². The first kappa shape index (κ1) is 14.0. The van der Waals surface area contributed by atoms with Crippen LogP contribution >= 0.6 is 11.6 Å². The lowest BCUT2D eigenvalue weighted by atomic mass is 10.1. The first-order valence-electron chi connectivity index (χ1n) is 5.70. The summed E-state index contributed by atoms with van der Waals surface area (Å²) in [6.45, 7) is -0.0417. The Morgan fingerprint density at radius 1 is 1.30 bits per heavy atom. The number of aldehydes is 1. The quantitative estimate of drug-likeness (QED) is 0.806. The molecular formula is C15H9ClFNO2. The van der Waals surface area contributed by atoms with E-state index < -0.39 is 5.82 Å². The molecule has 20 heavy (non-hydrogen) atoms. The summed E-state index contributed by atoms with van der Waals surface area (Å²) in [6, 6.07) is 10.6. The highest BCUT2D eigenvalue weighted by molar-refractivity contribution is 6.30. The van der Waals surface area contributed by atoms with E-state index in [9.17, 15) is 9.18 Å². The summed E-state index contributed by atoms with van der Waals surface area (Å²) in [5.74, 6) is -0.196. The molecule has 2 rings (SSSR count). The third-order valence-corrected chi connectivity index (χ3v) is 2.90. The summed E-state index contributed by atoms with van der Waals surface area (Å²) in [4.78, 5) is 10.9. The number of rotatable bonds is 4. The largest absolute Gasteiger partial charge is 0.488 e. The van der Waals surface area contributed by atoms with Gasteiger partial charge in [-0.3, -0.25) is 4.79 Å². The van der Waals surface area contributed by atoms with Gasteiger partial charge in [0.15, 0.2) is 6.29 Å². The molecule has 0 saturated heterocycles. The Balaban J connectivity index is 2.17. The maximum Gasteiger partial charge on any atom is 0.153 e. The molecule has 2 aromatic rings. The first-order chi connectivity index (χ1) is 9.63. The van der Waals surface area contributed by atoms with Crippen molar-refractivity contribution >= 4 is 17.9 Å². The number of hydrogen-bond acceptors (Lipinski definition) is 3. The summed E-state index contributed by atoms with van der Waals surface area (Å²) < 4.78 is 19.1. The molecule has 0 saturated carbocycles. The van der Waals surface area contributed by atoms with Crippen LogP contribution in [0.1, 0.15) is 21.5 Å². The van der Waals surface area contributed by atoms with E-state index in [2.05, 4.69) is 0 Å². The van der Waals surface area contributed by atoms with Gasteiger partial charge in [-0.05, 0) is 30.3 Å². The van der Waals surface area contributed by atoms with Gasteiger partial charge in [0.25, 0.3) is 0 Å². The average Bonchev–Trinajstić information content (AvgIpc) is 2.46. The lowest BCUT2D eigenvalue weighted by Gasteiger charge is -2.09. The number of hydrogen-bond donors (Lipinski definition) is 0. The Morgan fingerprint density at radius 3 is 2.75 bits per heavy atom. The molecule has 0 spiro atoms. The molecule has 0 aliphatic heterocycles. The zero-order valence-electron chi connectivity index (χ0n) is 10.3. The van der Waals surface area contributed by atoms with E-state index in [1.165, 1.54) is 18.2 Å². The second-order valence-electron chi connectivity index (χ2n) is 4.01. The van der Waals surface area contributed by atoms with Gasteiger partial charge in [-0.25, -0.2) is 4.39 Å². The predicted molar refractivity (Wildman–Crippen MR) is 72.3 cm³/mol. The molecule has 0 fully saturated rings. The molecule has 0 atom stereocenters. The number of halogens is 2. The smallest absolute Gasteiger partial charge is 0.153 e. The van der Waals surface area contributed by atoms with Crippen LogP contribution in [-0.2, 0) is 6.61 Å². The minimum atomic E-state index is -0.523. The van der Waals surface area contributed by atoms with Crippen LogP contribution in [0.5, 0.6) is 5.75 Å². The van der Waals surface area contributed by atoms with Gasteiger partial charge >= 0.3 is 0 Å². The minimum Gasteiger partial charge on any atom is -0.488 e. The molecule has 5 heteroatoms. The van der Waals surface area contributed by atoms with Crippen molar-refractivity contribution in [3.63, 3.8) is 0 Å². The predicted octanol–water partition coefficient (Wildman–Crippen LogP) is 3.74. The van der Waals surface area contributed by atoms with Gasteiger partial charge in [0.2, 0.25) is 0 Å². The van der Waals surface area contributed by atoms with E-state index >= 15 is 0 Å². The molecule has 0 aromatic heterocycles. The summed E-state index contributed by atoms with van der Waals surface area (Å²) in [5.41, 5.74) is 0.841. The fourth-order valence-corrected chi connectivity index (χ4v) is 1.81. The minimum absolute atomic E-state index is 0.0417. The standard InChI is InChI=1S/C15H9ClFNO2/c16-13-3-4-15(12(6-13)8-19)20-9-11-2-1-10(7-18)5-14(11)17/h1-6,8H,9H2. The molecule has 0 radical (unpaired) electrons. The average molecular weight is 290 g/mol. The first-order valence-corrected chi connectivity index (χ1v) is 6.08. The molecule has 0 N–H and O–H groups in total. The Hall–Kier alpha value is -2.38. The Kier molecular flexibility index (Phi) is 4.34. The van der Waals surface area contributed by atoms with Crippen LogP contribution in [0, 0.1) is 17.1 Å². The second-order valence-corrected chi connectivity index (χ2v) is 4.44. The topological polar surface area (TPSA) is 50.1 Å². The van der Waals surface area contributed by atoms with E-state index in [1.807, 2.05) is 6.07 Å². The van der Waals surface area contributed by atoms with Crippen LogP contribution < -0.4 is 4.74 Å². The van der Waals surface area contributed by atoms with Crippen LogP contribution in [0.4, 0.5) is 4.39 Å². The highest BCUT2D eigenvalue weighted by Gasteiger charge is 2.07. The number of ether oxygens (including phenoxy) is 1. The zero-order chi connectivity index (χ0) is 14.5. The van der Waals surface area contributed by atoms with Crippen molar-refractivity contribution in [3.05, 3.63) is 63.9 Å². The van der Waals surface area contributed by atoms with Crippen molar-refractivity contribution in [2.45, 2.75) is 6.61 Å². The van der Waals surface area contributed by atoms with Gasteiger partial charge in [0.1, 0.15) is 18.2 Å². The molecule has 100 valence electrons. The van der Waals surface area contributed by atoms with Gasteiger partial charge in [-0.15, -0.1) is 0 Å². The highest BCUT2D eigenvalue weighted by Crippen LogP contribution is 2.23. The lowest BCUT2D eigenvalue weighted by molar-refractivity contribution is 0.111. The summed E-state index contributed by atoms with van der Waals surface area (Å²) in [6.07, 6.45) is 0.621. The molecule has 0 amide bonds. The van der Waals surface area contributed by atoms with Gasteiger partial charge in [0.05, 0.1) is 17.2 Å². The molecule has 0 heterocycles. The summed E-state index contributed by atoms with van der Waals surface area (Å²) in [5, 5.41) is 9.08. The monoisotopic (exact) mass is 289 g/mol. The van der Waals surface area contributed by atoms with Crippen molar-refractivity contribution in [1.82, 2.24) is 0 Å². The zero-order valence-corrected chi connectivity index (χ0v) is 11.0. The Bertz CT molecular complexity index is 695. The van der Waals surface area contributed by atoms with E-state index in [4.69, 9.17) is 21.6 Å². The highest BCUT2D eigenvalue weighted by atomic mass is 35.5. The van der Waals surface area contributed by atoms with Crippen molar-refractivity contribution in [2.24, 2.45) is 0 Å². The van der Waals surface area contributed by atoms with Gasteiger partial charge in [0, 0.05) is 10.6 Å². The molecule has 0 bridgehead atoms. The van der Waals surface area contributed by atoms with Crippen molar-refractivity contribution < 1.29 is 13.9 Å². The number of carbonyl (C=O) groups excluding carboxylic acids is 1. The number of nitriles is 1. The van der Waals surface area contributed by atoms with Gasteiger partial charge in [-0.2, -0.15) is 5.26 Å². The van der Waals surface area contributed by atoms with E-state index in [0.717, 1.165) is 6.07 Å². The number of nitrogens with zero attached hydrogens (tertiary/aromatic N) is 1. The van der Waals surface area contributed by atoms with Crippen molar-refractivity contribution in [2.75, 3.05) is 0 Å². The lowest BCUT2D eigenvalue weighted by Crippen LogP contribution is -2.01. The van der Waals surface area contributed by atoms with Crippen LogP contribution in [0.2, 0.25) is 5.02 Å². The molecular weight excluding hydrogens is 281 g/mol. The van der Waals surface area contributed by atoms with Crippen molar-refractivity contribution in [1.29, 1.82) is 5.26 Å². The van der Waals surface area contributed by atoms with Gasteiger partial charge in [-0.1, -0.05) is 17.7 Å². The maximum atomic E-state index is 13.7. The Labute approximate surface area is 120 Å². The SMILES string of the molecule is N#Cc1ccc(COc2ccc(Cl)cc2C=O)c(F)c1. The maximum absolute atomic E-state index is 13.7. The molecule has 0 aliphatic rings. The number of carbonyl (C=O) groups is 1. The third-order valence-electron chi connectivity index (χ3n) is 2.66. The van der Waals surface area contributed by atoms with Crippen LogP contribution in [0.15, 0.2) is 36.4 Å².